The number of carbonyl (C=O) groups is 4. The van der Waals surface area contributed by atoms with E-state index in [1.54, 1.807) is 48.4 Å². The van der Waals surface area contributed by atoms with Gasteiger partial charge in [0.1, 0.15) is 0 Å². The molecule has 3 amide bonds. The van der Waals surface area contributed by atoms with Crippen LogP contribution < -0.4 is 32.3 Å². The predicted octanol–water partition coefficient (Wildman–Crippen LogP) is 4.77. The van der Waals surface area contributed by atoms with Crippen LogP contribution in [-0.4, -0.2) is 51.2 Å². The first-order valence-electron chi connectivity index (χ1n) is 20.2. The van der Waals surface area contributed by atoms with Crippen molar-refractivity contribution in [1.82, 2.24) is 10.2 Å². The molecule has 0 aromatic heterocycles. The topological polar surface area (TPSA) is 119 Å². The van der Waals surface area contributed by atoms with E-state index in [0.29, 0.717) is 41.3 Å². The molecule has 8 atom stereocenters. The van der Waals surface area contributed by atoms with E-state index in [-0.39, 0.29) is 55.5 Å². The van der Waals surface area contributed by atoms with E-state index in [1.165, 1.54) is 37.0 Å². The van der Waals surface area contributed by atoms with Gasteiger partial charge in [-0.05, 0) is 0 Å². The molecular weight excluding hydrogens is 777 g/mol. The fourth-order valence-electron chi connectivity index (χ4n) is 13.3. The van der Waals surface area contributed by atoms with E-state index < -0.39 is 27.1 Å². The van der Waals surface area contributed by atoms with Crippen LogP contribution in [0, 0.1) is 45.3 Å². The number of carbonyl (C=O) groups excluding carboxylic acids is 4. The molecular formula is C44H61IN3O5-. The van der Waals surface area contributed by atoms with Crippen LogP contribution in [0.15, 0.2) is 45.2 Å². The van der Waals surface area contributed by atoms with E-state index in [4.69, 9.17) is 10.5 Å². The first-order chi connectivity index (χ1) is 24.9. The normalized spacial score (nSPS) is 37.5. The number of hydrogen-bond acceptors (Lipinski definition) is 6. The zero-order valence-corrected chi connectivity index (χ0v) is 35.4. The summed E-state index contributed by atoms with van der Waals surface area (Å²) in [5, 5.41) is 3.55. The summed E-state index contributed by atoms with van der Waals surface area (Å²) in [6, 6.07) is 6.99. The van der Waals surface area contributed by atoms with Gasteiger partial charge in [0, 0.05) is 6.92 Å². The van der Waals surface area contributed by atoms with Crippen molar-refractivity contribution in [2.24, 2.45) is 51.1 Å². The summed E-state index contributed by atoms with van der Waals surface area (Å²) in [6.45, 7) is 19.5. The van der Waals surface area contributed by atoms with Gasteiger partial charge in [0.2, 0.25) is 0 Å². The molecule has 0 saturated heterocycles. The second kappa shape index (κ2) is 13.5. The molecule has 53 heavy (non-hydrogen) atoms. The Balaban J connectivity index is 1.15. The van der Waals surface area contributed by atoms with Crippen molar-refractivity contribution in [1.29, 1.82) is 0 Å². The van der Waals surface area contributed by atoms with Crippen LogP contribution in [0.4, 0.5) is 0 Å². The fraction of sp³-hybridized carbons (Fsp3) is 0.682. The molecule has 1 aromatic rings. The molecule has 6 aliphatic rings. The van der Waals surface area contributed by atoms with Crippen LogP contribution in [-0.2, 0) is 14.3 Å². The van der Waals surface area contributed by atoms with E-state index in [1.807, 2.05) is 0 Å². The molecule has 0 bridgehead atoms. The Labute approximate surface area is 327 Å². The first-order valence-corrected chi connectivity index (χ1v) is 22.3. The van der Waals surface area contributed by atoms with E-state index >= 15 is 0 Å². The average Bonchev–Trinajstić information content (AvgIpc) is 3.57. The number of halogens is 1. The van der Waals surface area contributed by atoms with Crippen molar-refractivity contribution in [3.05, 3.63) is 56.3 Å². The van der Waals surface area contributed by atoms with Crippen LogP contribution in [0.25, 0.3) is 0 Å². The van der Waals surface area contributed by atoms with Crippen molar-refractivity contribution in [2.45, 2.75) is 129 Å². The third-order valence-electron chi connectivity index (χ3n) is 15.9. The number of rotatable bonds is 9. The van der Waals surface area contributed by atoms with E-state index in [0.717, 1.165) is 35.8 Å². The summed E-state index contributed by atoms with van der Waals surface area (Å²) >= 11 is -0.690. The molecule has 3 unspecified atom stereocenters. The van der Waals surface area contributed by atoms with Crippen molar-refractivity contribution >= 4 is 23.7 Å². The number of fused-ring (bicyclic) bond motifs is 8. The number of imide groups is 1. The fourth-order valence-corrected chi connectivity index (χ4v) is 17.4. The molecule has 1 heterocycles. The third-order valence-corrected chi connectivity index (χ3v) is 19.8. The van der Waals surface area contributed by atoms with Gasteiger partial charge in [0.15, 0.2) is 0 Å². The minimum atomic E-state index is -0.690. The molecule has 8 nitrogen and oxygen atoms in total. The summed E-state index contributed by atoms with van der Waals surface area (Å²) in [5.74, 6) is 0.980. The molecule has 1 aliphatic heterocycles. The number of esters is 1. The van der Waals surface area contributed by atoms with Gasteiger partial charge >= 0.3 is 317 Å². The predicted molar refractivity (Wildman–Crippen MR) is 202 cm³/mol. The number of allylic oxidation sites excluding steroid dienone is 2. The van der Waals surface area contributed by atoms with Crippen molar-refractivity contribution in [2.75, 3.05) is 13.1 Å². The van der Waals surface area contributed by atoms with Gasteiger partial charge < -0.3 is 0 Å². The zero-order chi connectivity index (χ0) is 38.3. The second-order valence-corrected chi connectivity index (χ2v) is 22.6. The molecule has 9 heteroatoms. The summed E-state index contributed by atoms with van der Waals surface area (Å²) in [7, 11) is 0. The Bertz CT molecular complexity index is 1750. The zero-order valence-electron chi connectivity index (χ0n) is 33.2. The van der Waals surface area contributed by atoms with E-state index in [9.17, 15) is 19.2 Å². The van der Waals surface area contributed by atoms with Gasteiger partial charge in [-0.25, -0.2) is 0 Å². The van der Waals surface area contributed by atoms with Crippen LogP contribution in [0.5, 0.6) is 0 Å². The molecule has 7 rings (SSSR count). The van der Waals surface area contributed by atoms with Gasteiger partial charge in [-0.1, -0.05) is 0 Å². The molecule has 4 fully saturated rings. The Kier molecular flexibility index (Phi) is 9.83. The number of benzene rings is 1. The van der Waals surface area contributed by atoms with Crippen LogP contribution in [0.3, 0.4) is 0 Å². The quantitative estimate of drug-likeness (QED) is 0.0705. The Hall–Kier alpha value is -2.69. The molecule has 1 aromatic carbocycles. The molecule has 5 aliphatic carbocycles. The van der Waals surface area contributed by atoms with Crippen LogP contribution in [0.1, 0.15) is 140 Å². The summed E-state index contributed by atoms with van der Waals surface area (Å²) < 4.78 is 6.95. The molecule has 4 saturated carbocycles. The number of hydrogen-bond donors (Lipinski definition) is 2. The van der Waals surface area contributed by atoms with Gasteiger partial charge in [-0.15, -0.1) is 0 Å². The maximum atomic E-state index is 13.1. The number of nitrogens with one attached hydrogen (secondary N) is 1. The van der Waals surface area contributed by atoms with E-state index in [2.05, 4.69) is 53.8 Å². The number of amides is 3. The van der Waals surface area contributed by atoms with Gasteiger partial charge in [-0.2, -0.15) is 0 Å². The summed E-state index contributed by atoms with van der Waals surface area (Å²) in [4.78, 5) is 52.1. The van der Waals surface area contributed by atoms with Gasteiger partial charge in [0.05, 0.1) is 0 Å². The SMILES string of the molecule is CC(=O)O[C@H]1CC[C@@]2(C)C(CC[C@]3(C)C2CC[C@@H]2C4=C(C(C)C)CCC4([I-]/C(=C/C(N)=O)NCCN4C(=O)c5ccccc5C4=O)CC[C@]23C)C1(C)C. The molecule has 0 radical (unpaired) electrons. The number of nitrogens with two attached hydrogens (primary N) is 1. The monoisotopic (exact) mass is 838 g/mol. The number of nitrogens with zero attached hydrogens (tertiary/aromatic N) is 1. The molecule has 0 spiro atoms. The number of ether oxygens (including phenoxy) is 1. The number of alkyl halides is 1. The van der Waals surface area contributed by atoms with Crippen molar-refractivity contribution in [3.63, 3.8) is 0 Å². The van der Waals surface area contributed by atoms with Gasteiger partial charge in [0.25, 0.3) is 0 Å². The van der Waals surface area contributed by atoms with Crippen LogP contribution >= 0.6 is 0 Å². The Morgan fingerprint density at radius 1 is 0.925 bits per heavy atom. The average molecular weight is 839 g/mol. The van der Waals surface area contributed by atoms with Crippen molar-refractivity contribution in [3.8, 4) is 0 Å². The number of primary amides is 1. The summed E-state index contributed by atoms with van der Waals surface area (Å²) in [6.07, 6.45) is 13.0. The second-order valence-electron chi connectivity index (χ2n) is 18.9. The molecule has 3 N–H and O–H groups in total. The molecule has 290 valence electrons. The maximum absolute atomic E-state index is 13.1. The summed E-state index contributed by atoms with van der Waals surface area (Å²) in [5.41, 5.74) is 10.6. The Morgan fingerprint density at radius 3 is 2.23 bits per heavy atom. The minimum absolute atomic E-state index is 0.0188. The van der Waals surface area contributed by atoms with Crippen LogP contribution in [0.2, 0.25) is 0 Å². The Morgan fingerprint density at radius 2 is 1.60 bits per heavy atom. The van der Waals surface area contributed by atoms with Gasteiger partial charge in [-0.3, -0.25) is 4.79 Å². The first kappa shape index (κ1) is 38.6. The van der Waals surface area contributed by atoms with Crippen molar-refractivity contribution < 1.29 is 45.1 Å². The standard InChI is InChI=1S/C44H61IN3O5/c1-26(2)28-15-20-44(45-35(25-36(46)50)47-23-24-48-38(51)29-11-9-10-12-30(29)39(48)52)22-21-42(7)31(37(28)44)13-14-33-41(6)18-17-34(53-27(3)49)40(4,5)32(41)16-19-43(33,42)8/h9-12,25-26,31-34,47H,13-24H2,1-8H3,(H2,46,50)/q-1/b35-25-/t31-,32?,33?,34+,41+,42-,43-,44?/m1/s1. The third kappa shape index (κ3) is 5.94.